The Morgan fingerprint density at radius 2 is 1.68 bits per heavy atom. The second kappa shape index (κ2) is 10.0. The number of amides is 1. The van der Waals surface area contributed by atoms with Gasteiger partial charge >= 0.3 is 0 Å². The fourth-order valence-electron chi connectivity index (χ4n) is 2.57. The van der Waals surface area contributed by atoms with Gasteiger partial charge in [0.15, 0.2) is 0 Å². The molecule has 4 nitrogen and oxygen atoms in total. The van der Waals surface area contributed by atoms with Gasteiger partial charge in [-0.15, -0.1) is 0 Å². The Labute approximate surface area is 174 Å². The molecule has 0 heterocycles. The first kappa shape index (κ1) is 20.1. The van der Waals surface area contributed by atoms with Gasteiger partial charge in [-0.2, -0.15) is 0 Å². The highest BCUT2D eigenvalue weighted by molar-refractivity contribution is 6.35. The molecule has 0 atom stereocenters. The van der Waals surface area contributed by atoms with Crippen molar-refractivity contribution in [2.75, 3.05) is 23.8 Å². The molecule has 0 fully saturated rings. The van der Waals surface area contributed by atoms with Crippen LogP contribution >= 0.6 is 23.2 Å². The summed E-state index contributed by atoms with van der Waals surface area (Å²) in [4.78, 5) is 12.1. The number of hydrogen-bond donors (Lipinski definition) is 2. The first-order valence-corrected chi connectivity index (χ1v) is 9.61. The van der Waals surface area contributed by atoms with Crippen molar-refractivity contribution in [1.29, 1.82) is 0 Å². The van der Waals surface area contributed by atoms with Crippen molar-refractivity contribution in [2.24, 2.45) is 0 Å². The second-order valence-electron chi connectivity index (χ2n) is 6.13. The van der Waals surface area contributed by atoms with Crippen LogP contribution in [0.15, 0.2) is 72.8 Å². The standard InChI is InChI=1S/C22H20Cl2N2O2/c23-17-6-11-20(24)21(14-17)26-22(27)15-25-18-7-9-19(10-8-18)28-13-12-16-4-2-1-3-5-16/h1-11,14,25H,12-13,15H2,(H,26,27). The number of anilines is 2. The summed E-state index contributed by atoms with van der Waals surface area (Å²) in [5, 5.41) is 6.75. The van der Waals surface area contributed by atoms with E-state index in [1.807, 2.05) is 42.5 Å². The topological polar surface area (TPSA) is 50.4 Å². The molecule has 3 aromatic rings. The number of nitrogens with one attached hydrogen (secondary N) is 2. The molecule has 6 heteroatoms. The predicted molar refractivity (Wildman–Crippen MR) is 116 cm³/mol. The zero-order valence-corrected chi connectivity index (χ0v) is 16.6. The van der Waals surface area contributed by atoms with Crippen LogP contribution in [0.3, 0.4) is 0 Å². The molecule has 0 radical (unpaired) electrons. The summed E-state index contributed by atoms with van der Waals surface area (Å²) in [6.45, 7) is 0.719. The van der Waals surface area contributed by atoms with Gasteiger partial charge in [0.05, 0.1) is 23.9 Å². The van der Waals surface area contributed by atoms with Gasteiger partial charge in [-0.05, 0) is 48.0 Å². The molecule has 0 spiro atoms. The van der Waals surface area contributed by atoms with Crippen molar-refractivity contribution in [3.8, 4) is 5.75 Å². The van der Waals surface area contributed by atoms with E-state index in [0.29, 0.717) is 22.3 Å². The molecular weight excluding hydrogens is 395 g/mol. The quantitative estimate of drug-likeness (QED) is 0.499. The molecule has 1 amide bonds. The average Bonchev–Trinajstić information content (AvgIpc) is 2.71. The number of benzene rings is 3. The summed E-state index contributed by atoms with van der Waals surface area (Å²) in [5.41, 5.74) is 2.55. The lowest BCUT2D eigenvalue weighted by Gasteiger charge is -2.10. The molecule has 3 rings (SSSR count). The van der Waals surface area contributed by atoms with E-state index in [4.69, 9.17) is 27.9 Å². The molecule has 2 N–H and O–H groups in total. The molecule has 144 valence electrons. The number of hydrogen-bond acceptors (Lipinski definition) is 3. The Hall–Kier alpha value is -2.69. The second-order valence-corrected chi connectivity index (χ2v) is 6.98. The lowest BCUT2D eigenvalue weighted by atomic mass is 10.2. The number of halogens is 2. The maximum absolute atomic E-state index is 12.1. The first-order valence-electron chi connectivity index (χ1n) is 8.86. The zero-order valence-electron chi connectivity index (χ0n) is 15.1. The van der Waals surface area contributed by atoms with E-state index in [1.54, 1.807) is 18.2 Å². The van der Waals surface area contributed by atoms with Crippen LogP contribution in [0.2, 0.25) is 10.0 Å². The molecule has 3 aromatic carbocycles. The van der Waals surface area contributed by atoms with Crippen LogP contribution in [0.25, 0.3) is 0 Å². The summed E-state index contributed by atoms with van der Waals surface area (Å²) in [6, 6.07) is 22.6. The lowest BCUT2D eigenvalue weighted by molar-refractivity contribution is -0.114. The summed E-state index contributed by atoms with van der Waals surface area (Å²) >= 11 is 12.0. The third-order valence-corrected chi connectivity index (χ3v) is 4.58. The maximum Gasteiger partial charge on any atom is 0.243 e. The van der Waals surface area contributed by atoms with Gasteiger partial charge in [-0.25, -0.2) is 0 Å². The van der Waals surface area contributed by atoms with Crippen LogP contribution in [-0.4, -0.2) is 19.1 Å². The van der Waals surface area contributed by atoms with E-state index < -0.39 is 0 Å². The van der Waals surface area contributed by atoms with E-state index in [1.165, 1.54) is 5.56 Å². The normalized spacial score (nSPS) is 10.4. The van der Waals surface area contributed by atoms with Crippen LogP contribution in [0, 0.1) is 0 Å². The molecule has 28 heavy (non-hydrogen) atoms. The highest BCUT2D eigenvalue weighted by Gasteiger charge is 2.07. The third kappa shape index (κ3) is 6.19. The van der Waals surface area contributed by atoms with Crippen LogP contribution in [0.5, 0.6) is 5.75 Å². The van der Waals surface area contributed by atoms with Gasteiger partial charge in [0.25, 0.3) is 0 Å². The molecule has 0 aliphatic carbocycles. The summed E-state index contributed by atoms with van der Waals surface area (Å²) in [5.74, 6) is 0.573. The van der Waals surface area contributed by atoms with E-state index in [0.717, 1.165) is 17.9 Å². The smallest absolute Gasteiger partial charge is 0.243 e. The molecule has 0 aliphatic heterocycles. The monoisotopic (exact) mass is 414 g/mol. The van der Waals surface area contributed by atoms with E-state index in [-0.39, 0.29) is 12.5 Å². The highest BCUT2D eigenvalue weighted by Crippen LogP contribution is 2.25. The highest BCUT2D eigenvalue weighted by atomic mass is 35.5. The Bertz CT molecular complexity index is 916. The van der Waals surface area contributed by atoms with E-state index in [2.05, 4.69) is 22.8 Å². The first-order chi connectivity index (χ1) is 13.6. The van der Waals surface area contributed by atoms with Crippen molar-refractivity contribution in [2.45, 2.75) is 6.42 Å². The van der Waals surface area contributed by atoms with Crippen molar-refractivity contribution >= 4 is 40.5 Å². The van der Waals surface area contributed by atoms with Crippen molar-refractivity contribution < 1.29 is 9.53 Å². The van der Waals surface area contributed by atoms with Crippen LogP contribution in [-0.2, 0) is 11.2 Å². The lowest BCUT2D eigenvalue weighted by Crippen LogP contribution is -2.21. The molecule has 0 unspecified atom stereocenters. The van der Waals surface area contributed by atoms with Crippen LogP contribution in [0.1, 0.15) is 5.56 Å². The van der Waals surface area contributed by atoms with Gasteiger partial charge in [0, 0.05) is 17.1 Å². The summed E-state index contributed by atoms with van der Waals surface area (Å²) in [6.07, 6.45) is 0.854. The summed E-state index contributed by atoms with van der Waals surface area (Å²) in [7, 11) is 0. The Morgan fingerprint density at radius 1 is 0.929 bits per heavy atom. The molecule has 0 bridgehead atoms. The van der Waals surface area contributed by atoms with E-state index >= 15 is 0 Å². The van der Waals surface area contributed by atoms with Crippen LogP contribution in [0.4, 0.5) is 11.4 Å². The van der Waals surface area contributed by atoms with Gasteiger partial charge in [-0.3, -0.25) is 4.79 Å². The molecule has 0 saturated heterocycles. The number of carbonyl (C=O) groups excluding carboxylic acids is 1. The molecule has 0 aliphatic rings. The Kier molecular flexibility index (Phi) is 7.18. The summed E-state index contributed by atoms with van der Waals surface area (Å²) < 4.78 is 5.76. The fourth-order valence-corrected chi connectivity index (χ4v) is 2.91. The largest absolute Gasteiger partial charge is 0.493 e. The molecule has 0 aromatic heterocycles. The number of rotatable bonds is 8. The zero-order chi connectivity index (χ0) is 19.8. The minimum Gasteiger partial charge on any atom is -0.493 e. The number of carbonyl (C=O) groups is 1. The Balaban J connectivity index is 1.43. The van der Waals surface area contributed by atoms with Gasteiger partial charge in [-0.1, -0.05) is 53.5 Å². The maximum atomic E-state index is 12.1. The SMILES string of the molecule is O=C(CNc1ccc(OCCc2ccccc2)cc1)Nc1cc(Cl)ccc1Cl. The van der Waals surface area contributed by atoms with E-state index in [9.17, 15) is 4.79 Å². The van der Waals surface area contributed by atoms with Gasteiger partial charge < -0.3 is 15.4 Å². The average molecular weight is 415 g/mol. The minimum atomic E-state index is -0.215. The van der Waals surface area contributed by atoms with Gasteiger partial charge in [0.1, 0.15) is 5.75 Å². The Morgan fingerprint density at radius 3 is 2.43 bits per heavy atom. The van der Waals surface area contributed by atoms with Crippen molar-refractivity contribution in [3.63, 3.8) is 0 Å². The fraction of sp³-hybridized carbons (Fsp3) is 0.136. The third-order valence-electron chi connectivity index (χ3n) is 4.01. The molecule has 0 saturated carbocycles. The van der Waals surface area contributed by atoms with Crippen LogP contribution < -0.4 is 15.4 Å². The van der Waals surface area contributed by atoms with Gasteiger partial charge in [0.2, 0.25) is 5.91 Å². The number of ether oxygens (including phenoxy) is 1. The molecular formula is C22H20Cl2N2O2. The van der Waals surface area contributed by atoms with Crippen molar-refractivity contribution in [1.82, 2.24) is 0 Å². The predicted octanol–water partition coefficient (Wildman–Crippen LogP) is 5.67. The van der Waals surface area contributed by atoms with Crippen molar-refractivity contribution in [3.05, 3.63) is 88.4 Å². The minimum absolute atomic E-state index is 0.108.